The van der Waals surface area contributed by atoms with E-state index in [2.05, 4.69) is 9.97 Å². The molecule has 0 atom stereocenters. The molecule has 8 nitrogen and oxygen atoms in total. The molecule has 0 fully saturated rings. The van der Waals surface area contributed by atoms with Crippen LogP contribution in [0.25, 0.3) is 11.0 Å². The number of nitrogens with one attached hydrogen (secondary N) is 1. The van der Waals surface area contributed by atoms with Gasteiger partial charge in [-0.2, -0.15) is 0 Å². The number of carbonyl (C=O) groups is 2. The average molecular weight is 397 g/mol. The van der Waals surface area contributed by atoms with Crippen LogP contribution in [0.15, 0.2) is 12.1 Å². The predicted molar refractivity (Wildman–Crippen MR) is 106 cm³/mol. The molecule has 0 unspecified atom stereocenters. The van der Waals surface area contributed by atoms with Crippen molar-refractivity contribution in [3.8, 4) is 11.5 Å². The van der Waals surface area contributed by atoms with E-state index in [1.54, 1.807) is 20.8 Å². The number of nitrogens with zero attached hydrogens (tertiary/aromatic N) is 2. The molecular weight excluding hydrogens is 374 g/mol. The molecule has 0 bridgehead atoms. The standard InChI is InChI=1S/C21H23N3O5/c1-5-27-21(26)20-12(3)22-11(2)19(20)16(25)10-24-13(4)23-14-8-17-18(9-15(14)24)29-7-6-28-17/h8-9,22H,5-7,10H2,1-4H3. The summed E-state index contributed by atoms with van der Waals surface area (Å²) >= 11 is 0. The normalized spacial score (nSPS) is 13.0. The van der Waals surface area contributed by atoms with Crippen LogP contribution in [0.4, 0.5) is 0 Å². The fourth-order valence-corrected chi connectivity index (χ4v) is 3.79. The Labute approximate surface area is 167 Å². The average Bonchev–Trinajstić information content (AvgIpc) is 3.15. The van der Waals surface area contributed by atoms with Crippen molar-refractivity contribution in [1.82, 2.24) is 14.5 Å². The van der Waals surface area contributed by atoms with Gasteiger partial charge >= 0.3 is 5.97 Å². The number of aryl methyl sites for hydroxylation is 3. The van der Waals surface area contributed by atoms with Crippen molar-refractivity contribution in [2.24, 2.45) is 0 Å². The summed E-state index contributed by atoms with van der Waals surface area (Å²) in [6.45, 7) is 8.40. The molecule has 1 aliphatic rings. The fourth-order valence-electron chi connectivity index (χ4n) is 3.79. The molecule has 2 aromatic heterocycles. The highest BCUT2D eigenvalue weighted by atomic mass is 16.6. The number of fused-ring (bicyclic) bond motifs is 2. The number of aromatic nitrogens is 3. The number of carbonyl (C=O) groups excluding carboxylic acids is 2. The summed E-state index contributed by atoms with van der Waals surface area (Å²) in [5.74, 6) is 1.30. The van der Waals surface area contributed by atoms with Crippen molar-refractivity contribution in [3.63, 3.8) is 0 Å². The largest absolute Gasteiger partial charge is 0.486 e. The van der Waals surface area contributed by atoms with E-state index in [4.69, 9.17) is 14.2 Å². The molecule has 0 saturated carbocycles. The van der Waals surface area contributed by atoms with Gasteiger partial charge in [0.05, 0.1) is 35.3 Å². The minimum atomic E-state index is -0.496. The molecule has 0 amide bonds. The van der Waals surface area contributed by atoms with Gasteiger partial charge in [0.25, 0.3) is 0 Å². The van der Waals surface area contributed by atoms with Gasteiger partial charge in [0, 0.05) is 23.5 Å². The predicted octanol–water partition coefficient (Wildman–Crippen LogP) is 3.12. The minimum Gasteiger partial charge on any atom is -0.486 e. The number of H-pyrrole nitrogens is 1. The highest BCUT2D eigenvalue weighted by Gasteiger charge is 2.26. The van der Waals surface area contributed by atoms with Gasteiger partial charge in [-0.15, -0.1) is 0 Å². The lowest BCUT2D eigenvalue weighted by molar-refractivity contribution is 0.0522. The Hall–Kier alpha value is -3.29. The van der Waals surface area contributed by atoms with Crippen LogP contribution in [-0.2, 0) is 11.3 Å². The molecule has 3 aromatic rings. The zero-order valence-electron chi connectivity index (χ0n) is 16.9. The lowest BCUT2D eigenvalue weighted by Gasteiger charge is -2.18. The van der Waals surface area contributed by atoms with Gasteiger partial charge in [0.1, 0.15) is 19.0 Å². The molecule has 1 aromatic carbocycles. The van der Waals surface area contributed by atoms with E-state index < -0.39 is 5.97 Å². The molecular formula is C21H23N3O5. The van der Waals surface area contributed by atoms with Gasteiger partial charge in [-0.1, -0.05) is 0 Å². The number of aromatic amines is 1. The van der Waals surface area contributed by atoms with Crippen LogP contribution in [0.1, 0.15) is 44.9 Å². The third-order valence-electron chi connectivity index (χ3n) is 5.04. The number of hydrogen-bond donors (Lipinski definition) is 1. The SMILES string of the molecule is CCOC(=O)c1c(C)[nH]c(C)c1C(=O)Cn1c(C)nc2cc3c(cc21)OCCO3. The summed E-state index contributed by atoms with van der Waals surface area (Å²) in [6.07, 6.45) is 0. The second kappa shape index (κ2) is 7.27. The van der Waals surface area contributed by atoms with Gasteiger partial charge in [-0.3, -0.25) is 4.79 Å². The van der Waals surface area contributed by atoms with E-state index in [1.165, 1.54) is 0 Å². The Balaban J connectivity index is 1.74. The van der Waals surface area contributed by atoms with Crippen LogP contribution in [0, 0.1) is 20.8 Å². The van der Waals surface area contributed by atoms with Crippen LogP contribution in [0.3, 0.4) is 0 Å². The number of benzene rings is 1. The van der Waals surface area contributed by atoms with Crippen molar-refractivity contribution in [2.45, 2.75) is 34.2 Å². The summed E-state index contributed by atoms with van der Waals surface area (Å²) in [5.41, 5.74) is 3.43. The van der Waals surface area contributed by atoms with Crippen LogP contribution >= 0.6 is 0 Å². The minimum absolute atomic E-state index is 0.0481. The molecule has 1 N–H and O–H groups in total. The van der Waals surface area contributed by atoms with E-state index in [-0.39, 0.29) is 18.9 Å². The lowest BCUT2D eigenvalue weighted by atomic mass is 10.0. The molecule has 0 spiro atoms. The van der Waals surface area contributed by atoms with Gasteiger partial charge < -0.3 is 23.8 Å². The second-order valence-electron chi connectivity index (χ2n) is 7.00. The zero-order valence-corrected chi connectivity index (χ0v) is 16.9. The number of ketones is 1. The first-order chi connectivity index (χ1) is 13.9. The third kappa shape index (κ3) is 3.24. The summed E-state index contributed by atoms with van der Waals surface area (Å²) in [6, 6.07) is 3.67. The van der Waals surface area contributed by atoms with Crippen LogP contribution < -0.4 is 9.47 Å². The first kappa shape index (κ1) is 19.0. The van der Waals surface area contributed by atoms with Crippen molar-refractivity contribution < 1.29 is 23.8 Å². The topological polar surface area (TPSA) is 95.4 Å². The van der Waals surface area contributed by atoms with Crippen molar-refractivity contribution in [3.05, 3.63) is 40.5 Å². The summed E-state index contributed by atoms with van der Waals surface area (Å²) < 4.78 is 18.3. The van der Waals surface area contributed by atoms with E-state index >= 15 is 0 Å². The van der Waals surface area contributed by atoms with Gasteiger partial charge in [-0.05, 0) is 27.7 Å². The van der Waals surface area contributed by atoms with Gasteiger partial charge in [0.15, 0.2) is 17.3 Å². The van der Waals surface area contributed by atoms with Crippen LogP contribution in [0.5, 0.6) is 11.5 Å². The number of ether oxygens (including phenoxy) is 3. The second-order valence-corrected chi connectivity index (χ2v) is 7.00. The molecule has 0 aliphatic carbocycles. The van der Waals surface area contributed by atoms with E-state index in [0.29, 0.717) is 53.1 Å². The number of rotatable bonds is 5. The van der Waals surface area contributed by atoms with Crippen molar-refractivity contribution >= 4 is 22.8 Å². The Kier molecular flexibility index (Phi) is 4.77. The lowest BCUT2D eigenvalue weighted by Crippen LogP contribution is -2.17. The van der Waals surface area contributed by atoms with Crippen molar-refractivity contribution in [1.29, 1.82) is 0 Å². The Morgan fingerprint density at radius 1 is 1.10 bits per heavy atom. The highest BCUT2D eigenvalue weighted by Crippen LogP contribution is 2.35. The Morgan fingerprint density at radius 2 is 1.76 bits per heavy atom. The Bertz CT molecular complexity index is 1130. The van der Waals surface area contributed by atoms with Gasteiger partial charge in [-0.25, -0.2) is 9.78 Å². The molecule has 0 saturated heterocycles. The smallest absolute Gasteiger partial charge is 0.340 e. The maximum absolute atomic E-state index is 13.2. The monoisotopic (exact) mass is 397 g/mol. The summed E-state index contributed by atoms with van der Waals surface area (Å²) in [5, 5.41) is 0. The van der Waals surface area contributed by atoms with Gasteiger partial charge in [0.2, 0.25) is 0 Å². The number of hydrogen-bond acceptors (Lipinski definition) is 6. The van der Waals surface area contributed by atoms with E-state index in [0.717, 1.165) is 11.0 Å². The van der Waals surface area contributed by atoms with E-state index in [9.17, 15) is 9.59 Å². The summed E-state index contributed by atoms with van der Waals surface area (Å²) in [4.78, 5) is 33.3. The maximum Gasteiger partial charge on any atom is 0.340 e. The molecule has 152 valence electrons. The number of Topliss-reactive ketones (excluding diaryl/α,β-unsaturated/α-hetero) is 1. The number of imidazole rings is 1. The molecule has 0 radical (unpaired) electrons. The zero-order chi connectivity index (χ0) is 20.7. The molecule has 3 heterocycles. The van der Waals surface area contributed by atoms with Crippen LogP contribution in [0.2, 0.25) is 0 Å². The molecule has 29 heavy (non-hydrogen) atoms. The quantitative estimate of drug-likeness (QED) is 0.525. The van der Waals surface area contributed by atoms with Crippen molar-refractivity contribution in [2.75, 3.05) is 19.8 Å². The molecule has 4 rings (SSSR count). The highest BCUT2D eigenvalue weighted by molar-refractivity contribution is 6.08. The van der Waals surface area contributed by atoms with Crippen LogP contribution in [-0.4, -0.2) is 46.1 Å². The molecule has 1 aliphatic heterocycles. The fraction of sp³-hybridized carbons (Fsp3) is 0.381. The Morgan fingerprint density at radius 3 is 2.45 bits per heavy atom. The maximum atomic E-state index is 13.2. The molecule has 8 heteroatoms. The first-order valence-corrected chi connectivity index (χ1v) is 9.56. The first-order valence-electron chi connectivity index (χ1n) is 9.56. The van der Waals surface area contributed by atoms with E-state index in [1.807, 2.05) is 23.6 Å². The third-order valence-corrected chi connectivity index (χ3v) is 5.04. The number of esters is 1. The summed E-state index contributed by atoms with van der Waals surface area (Å²) in [7, 11) is 0.